The van der Waals surface area contributed by atoms with Crippen molar-refractivity contribution in [3.63, 3.8) is 0 Å². The van der Waals surface area contributed by atoms with E-state index in [0.29, 0.717) is 0 Å². The van der Waals surface area contributed by atoms with Gasteiger partial charge in [-0.15, -0.1) is 0 Å². The molecule has 0 heterocycles. The zero-order valence-electron chi connectivity index (χ0n) is 7.20. The normalized spacial score (nSPS) is 20.5. The Bertz CT molecular complexity index is 182. The fraction of sp³-hybridized carbons (Fsp3) is 0.600. The molecule has 56 valence electrons. The van der Waals surface area contributed by atoms with E-state index in [-0.39, 0.29) is 0 Å². The Balaban J connectivity index is 2.43. The molecule has 0 amide bonds. The molecule has 0 nitrogen and oxygen atoms in total. The third-order valence-corrected chi connectivity index (χ3v) is 2.03. The van der Waals surface area contributed by atoms with Crippen molar-refractivity contribution in [1.82, 2.24) is 0 Å². The molecule has 1 aliphatic rings. The van der Waals surface area contributed by atoms with Crippen LogP contribution >= 0.6 is 0 Å². The Morgan fingerprint density at radius 1 is 1.30 bits per heavy atom. The van der Waals surface area contributed by atoms with Crippen molar-refractivity contribution in [2.75, 3.05) is 0 Å². The second kappa shape index (κ2) is 3.05. The van der Waals surface area contributed by atoms with Crippen LogP contribution in [0.5, 0.6) is 0 Å². The van der Waals surface area contributed by atoms with Gasteiger partial charge in [-0.3, -0.25) is 0 Å². The van der Waals surface area contributed by atoms with Gasteiger partial charge in [0.2, 0.25) is 0 Å². The molecule has 0 saturated heterocycles. The van der Waals surface area contributed by atoms with Crippen molar-refractivity contribution in [3.8, 4) is 0 Å². The van der Waals surface area contributed by atoms with Gasteiger partial charge in [0.15, 0.2) is 0 Å². The summed E-state index contributed by atoms with van der Waals surface area (Å²) in [5, 5.41) is 0. The van der Waals surface area contributed by atoms with Gasteiger partial charge in [0.1, 0.15) is 0 Å². The lowest BCUT2D eigenvalue weighted by atomic mass is 10.2. The number of rotatable bonds is 3. The van der Waals surface area contributed by atoms with E-state index in [9.17, 15) is 0 Å². The maximum absolute atomic E-state index is 2.33. The lowest BCUT2D eigenvalue weighted by Crippen LogP contribution is -1.65. The highest BCUT2D eigenvalue weighted by Crippen LogP contribution is 2.41. The van der Waals surface area contributed by atoms with Crippen molar-refractivity contribution in [1.29, 1.82) is 0 Å². The standard InChI is InChI=1S/C10H16/c1-4-6-9-8(3)10(9)7-5-2/h6H,4-5,7H2,1-3H3. The van der Waals surface area contributed by atoms with Crippen LogP contribution in [-0.2, 0) is 0 Å². The van der Waals surface area contributed by atoms with Crippen molar-refractivity contribution < 1.29 is 0 Å². The van der Waals surface area contributed by atoms with Gasteiger partial charge >= 0.3 is 0 Å². The number of allylic oxidation sites excluding steroid dienone is 4. The number of hydrogen-bond acceptors (Lipinski definition) is 0. The fourth-order valence-corrected chi connectivity index (χ4v) is 1.41. The molecule has 0 N–H and O–H groups in total. The van der Waals surface area contributed by atoms with Gasteiger partial charge in [-0.05, 0) is 36.5 Å². The van der Waals surface area contributed by atoms with Crippen molar-refractivity contribution >= 4 is 0 Å². The Morgan fingerprint density at radius 2 is 2.00 bits per heavy atom. The van der Waals surface area contributed by atoms with Crippen LogP contribution in [0.2, 0.25) is 0 Å². The van der Waals surface area contributed by atoms with E-state index in [0.717, 1.165) is 0 Å². The first-order chi connectivity index (χ1) is 4.81. The minimum absolute atomic E-state index is 1.18. The second-order valence-corrected chi connectivity index (χ2v) is 2.88. The summed E-state index contributed by atoms with van der Waals surface area (Å²) in [6.07, 6.45) is 6.09. The average Bonchev–Trinajstić information content (AvgIpc) is 2.48. The maximum atomic E-state index is 2.33. The first-order valence-electron chi connectivity index (χ1n) is 4.21. The fourth-order valence-electron chi connectivity index (χ4n) is 1.41. The third kappa shape index (κ3) is 1.31. The van der Waals surface area contributed by atoms with Crippen LogP contribution in [0.1, 0.15) is 40.0 Å². The van der Waals surface area contributed by atoms with Crippen LogP contribution in [-0.4, -0.2) is 0 Å². The van der Waals surface area contributed by atoms with Crippen LogP contribution in [0.25, 0.3) is 0 Å². The molecule has 0 aromatic carbocycles. The molecule has 10 heavy (non-hydrogen) atoms. The Morgan fingerprint density at radius 3 is 2.50 bits per heavy atom. The summed E-state index contributed by atoms with van der Waals surface area (Å²) in [5.41, 5.74) is 4.75. The molecule has 0 heteroatoms. The molecule has 0 bridgehead atoms. The molecular weight excluding hydrogens is 120 g/mol. The second-order valence-electron chi connectivity index (χ2n) is 2.88. The Kier molecular flexibility index (Phi) is 2.31. The largest absolute Gasteiger partial charge is 0.0770 e. The van der Waals surface area contributed by atoms with Gasteiger partial charge in [0.25, 0.3) is 0 Å². The molecule has 0 radical (unpaired) electrons. The quantitative estimate of drug-likeness (QED) is 0.557. The molecule has 0 atom stereocenters. The topological polar surface area (TPSA) is 0 Å². The van der Waals surface area contributed by atoms with E-state index in [1.54, 1.807) is 16.7 Å². The summed E-state index contributed by atoms with van der Waals surface area (Å²) in [7, 11) is 0. The van der Waals surface area contributed by atoms with Crippen LogP contribution in [0.4, 0.5) is 0 Å². The molecule has 1 aliphatic carbocycles. The molecule has 0 saturated carbocycles. The van der Waals surface area contributed by atoms with Crippen LogP contribution in [0, 0.1) is 0 Å². The highest BCUT2D eigenvalue weighted by Gasteiger charge is 2.22. The zero-order valence-corrected chi connectivity index (χ0v) is 7.20. The van der Waals surface area contributed by atoms with Gasteiger partial charge in [0, 0.05) is 0 Å². The lowest BCUT2D eigenvalue weighted by molar-refractivity contribution is 0.940. The Labute approximate surface area is 63.6 Å². The first kappa shape index (κ1) is 7.59. The van der Waals surface area contributed by atoms with Crippen molar-refractivity contribution in [2.24, 2.45) is 0 Å². The molecule has 0 aliphatic heterocycles. The van der Waals surface area contributed by atoms with Gasteiger partial charge in [-0.2, -0.15) is 0 Å². The first-order valence-corrected chi connectivity index (χ1v) is 4.21. The van der Waals surface area contributed by atoms with Crippen molar-refractivity contribution in [3.05, 3.63) is 22.8 Å². The van der Waals surface area contributed by atoms with E-state index < -0.39 is 0 Å². The van der Waals surface area contributed by atoms with Gasteiger partial charge < -0.3 is 0 Å². The molecular formula is C10H16. The summed E-state index contributed by atoms with van der Waals surface area (Å²) >= 11 is 0. The highest BCUT2D eigenvalue weighted by atomic mass is 14.3. The lowest BCUT2D eigenvalue weighted by Gasteiger charge is -1.84. The SMILES string of the molecule is CCC=C1C(C)=C1CCC. The molecule has 0 unspecified atom stereocenters. The predicted octanol–water partition coefficient (Wildman–Crippen LogP) is 3.45. The van der Waals surface area contributed by atoms with E-state index in [1.807, 2.05) is 0 Å². The van der Waals surface area contributed by atoms with Crippen LogP contribution < -0.4 is 0 Å². The van der Waals surface area contributed by atoms with Crippen LogP contribution in [0.15, 0.2) is 22.8 Å². The molecule has 0 aromatic heterocycles. The minimum atomic E-state index is 1.18. The molecule has 0 spiro atoms. The van der Waals surface area contributed by atoms with E-state index in [2.05, 4.69) is 26.8 Å². The molecule has 1 rings (SSSR count). The predicted molar refractivity (Wildman–Crippen MR) is 46.0 cm³/mol. The Hall–Kier alpha value is -0.520. The third-order valence-electron chi connectivity index (χ3n) is 2.03. The summed E-state index contributed by atoms with van der Waals surface area (Å²) in [6, 6.07) is 0. The van der Waals surface area contributed by atoms with Crippen molar-refractivity contribution in [2.45, 2.75) is 40.0 Å². The average molecular weight is 136 g/mol. The van der Waals surface area contributed by atoms with Crippen LogP contribution in [0.3, 0.4) is 0 Å². The smallest absolute Gasteiger partial charge is 0.0229 e. The van der Waals surface area contributed by atoms with Gasteiger partial charge in [-0.25, -0.2) is 0 Å². The van der Waals surface area contributed by atoms with E-state index in [4.69, 9.17) is 0 Å². The molecule has 0 fully saturated rings. The molecule has 0 aromatic rings. The van der Waals surface area contributed by atoms with E-state index in [1.165, 1.54) is 19.3 Å². The number of hydrogen-bond donors (Lipinski definition) is 0. The summed E-state index contributed by atoms with van der Waals surface area (Å²) in [6.45, 7) is 6.66. The van der Waals surface area contributed by atoms with Gasteiger partial charge in [-0.1, -0.05) is 26.3 Å². The van der Waals surface area contributed by atoms with Gasteiger partial charge in [0.05, 0.1) is 0 Å². The summed E-state index contributed by atoms with van der Waals surface area (Å²) in [4.78, 5) is 0. The highest BCUT2D eigenvalue weighted by molar-refractivity contribution is 5.64. The summed E-state index contributed by atoms with van der Waals surface area (Å²) in [5.74, 6) is 0. The minimum Gasteiger partial charge on any atom is -0.0770 e. The van der Waals surface area contributed by atoms with E-state index >= 15 is 0 Å². The summed E-state index contributed by atoms with van der Waals surface area (Å²) < 4.78 is 0. The maximum Gasteiger partial charge on any atom is -0.0229 e. The zero-order chi connectivity index (χ0) is 7.56. The monoisotopic (exact) mass is 136 g/mol.